The van der Waals surface area contributed by atoms with Gasteiger partial charge in [-0.15, -0.1) is 0 Å². The molecule has 246 valence electrons. The highest BCUT2D eigenvalue weighted by Crippen LogP contribution is 2.33. The number of carbonyl (C=O) groups excluding carboxylic acids is 1. The molecule has 6 rings (SSSR count). The number of rotatable bonds is 14. The van der Waals surface area contributed by atoms with Crippen LogP contribution in [0.4, 0.5) is 0 Å². The van der Waals surface area contributed by atoms with Gasteiger partial charge in [-0.25, -0.2) is 4.79 Å². The lowest BCUT2D eigenvalue weighted by Gasteiger charge is -2.45. The van der Waals surface area contributed by atoms with E-state index in [1.807, 2.05) is 97.1 Å². The SMILES string of the molecule is O=C(O[C@H]1[C@H](Oc2ccc(O)cc2)O[C@H](COCc2ccccc2)[C@@H](OCc2ccccc2)[C@@H]1OCc1ccccc1)c1ccccc1. The first kappa shape index (κ1) is 32.9. The Balaban J connectivity index is 1.34. The van der Waals surface area contributed by atoms with Crippen LogP contribution in [0.5, 0.6) is 11.5 Å². The molecule has 48 heavy (non-hydrogen) atoms. The number of hydrogen-bond acceptors (Lipinski definition) is 8. The Bertz CT molecular complexity index is 1670. The molecule has 1 aliphatic rings. The molecule has 0 amide bonds. The maximum Gasteiger partial charge on any atom is 0.338 e. The summed E-state index contributed by atoms with van der Waals surface area (Å²) in [6.45, 7) is 0.990. The largest absolute Gasteiger partial charge is 0.508 e. The Morgan fingerprint density at radius 3 is 1.65 bits per heavy atom. The molecule has 1 saturated heterocycles. The van der Waals surface area contributed by atoms with E-state index in [-0.39, 0.29) is 25.6 Å². The summed E-state index contributed by atoms with van der Waals surface area (Å²) in [5.41, 5.74) is 3.28. The van der Waals surface area contributed by atoms with Crippen LogP contribution in [0.15, 0.2) is 146 Å². The van der Waals surface area contributed by atoms with E-state index >= 15 is 0 Å². The molecule has 0 bridgehead atoms. The molecule has 8 nitrogen and oxygen atoms in total. The molecule has 1 fully saturated rings. The molecule has 0 aliphatic carbocycles. The maximum absolute atomic E-state index is 13.6. The van der Waals surface area contributed by atoms with E-state index in [4.69, 9.17) is 28.4 Å². The van der Waals surface area contributed by atoms with Crippen molar-refractivity contribution in [1.82, 2.24) is 0 Å². The summed E-state index contributed by atoms with van der Waals surface area (Å²) < 4.78 is 38.6. The number of aromatic hydroxyl groups is 1. The number of hydrogen-bond donors (Lipinski definition) is 1. The maximum atomic E-state index is 13.6. The van der Waals surface area contributed by atoms with Crippen molar-refractivity contribution in [2.45, 2.75) is 50.5 Å². The van der Waals surface area contributed by atoms with Crippen molar-refractivity contribution in [2.24, 2.45) is 0 Å². The molecule has 1 heterocycles. The number of phenols is 1. The van der Waals surface area contributed by atoms with Crippen molar-refractivity contribution >= 4 is 5.97 Å². The second kappa shape index (κ2) is 16.7. The zero-order valence-electron chi connectivity index (χ0n) is 26.4. The summed E-state index contributed by atoms with van der Waals surface area (Å²) in [6, 6.07) is 44.4. The van der Waals surface area contributed by atoms with Gasteiger partial charge in [0.05, 0.1) is 32.0 Å². The molecule has 8 heteroatoms. The van der Waals surface area contributed by atoms with Crippen LogP contribution in [0, 0.1) is 0 Å². The molecule has 1 N–H and O–H groups in total. The molecule has 0 aromatic heterocycles. The molecule has 1 aliphatic heterocycles. The lowest BCUT2D eigenvalue weighted by molar-refractivity contribution is -0.298. The standard InChI is InChI=1S/C40H38O8/c41-33-21-23-34(24-22-33)46-40-38(48-39(42)32-19-11-4-12-20-32)37(45-27-31-17-9-3-10-18-31)36(44-26-30-15-7-2-8-16-30)35(47-40)28-43-25-29-13-5-1-6-14-29/h1-24,35-38,40-41H,25-28H2/t35-,36-,37+,38-,40-/m1/s1. The van der Waals surface area contributed by atoms with Gasteiger partial charge < -0.3 is 33.5 Å². The highest BCUT2D eigenvalue weighted by molar-refractivity contribution is 5.89. The third-order valence-electron chi connectivity index (χ3n) is 7.90. The minimum absolute atomic E-state index is 0.0876. The fourth-order valence-corrected chi connectivity index (χ4v) is 5.45. The van der Waals surface area contributed by atoms with Gasteiger partial charge in [0.1, 0.15) is 29.8 Å². The van der Waals surface area contributed by atoms with Crippen molar-refractivity contribution in [3.05, 3.63) is 168 Å². The van der Waals surface area contributed by atoms with E-state index in [9.17, 15) is 9.90 Å². The summed E-state index contributed by atoms with van der Waals surface area (Å²) in [5.74, 6) is -0.0602. The summed E-state index contributed by atoms with van der Waals surface area (Å²) in [4.78, 5) is 13.6. The molecular weight excluding hydrogens is 608 g/mol. The van der Waals surface area contributed by atoms with Gasteiger partial charge in [-0.3, -0.25) is 0 Å². The second-order valence-corrected chi connectivity index (χ2v) is 11.4. The monoisotopic (exact) mass is 646 g/mol. The zero-order valence-corrected chi connectivity index (χ0v) is 26.4. The van der Waals surface area contributed by atoms with E-state index in [1.54, 1.807) is 36.4 Å². The predicted octanol–water partition coefficient (Wildman–Crippen LogP) is 7.11. The van der Waals surface area contributed by atoms with Crippen molar-refractivity contribution in [3.63, 3.8) is 0 Å². The van der Waals surface area contributed by atoms with Gasteiger partial charge in [0, 0.05) is 0 Å². The third kappa shape index (κ3) is 9.08. The Kier molecular flexibility index (Phi) is 11.5. The molecule has 0 radical (unpaired) electrons. The van der Waals surface area contributed by atoms with E-state index in [1.165, 1.54) is 12.1 Å². The van der Waals surface area contributed by atoms with Crippen molar-refractivity contribution in [1.29, 1.82) is 0 Å². The number of phenolic OH excluding ortho intramolecular Hbond substituents is 1. The number of benzene rings is 5. The summed E-state index contributed by atoms with van der Waals surface area (Å²) >= 11 is 0. The van der Waals surface area contributed by atoms with Gasteiger partial charge in [-0.1, -0.05) is 109 Å². The number of esters is 1. The first-order chi connectivity index (χ1) is 23.6. The molecule has 0 spiro atoms. The Morgan fingerprint density at radius 1 is 0.583 bits per heavy atom. The van der Waals surface area contributed by atoms with Crippen molar-refractivity contribution < 1.29 is 38.3 Å². The highest BCUT2D eigenvalue weighted by Gasteiger charge is 2.51. The van der Waals surface area contributed by atoms with Crippen LogP contribution in [0.1, 0.15) is 27.0 Å². The average molecular weight is 647 g/mol. The van der Waals surface area contributed by atoms with Crippen LogP contribution in [-0.4, -0.2) is 48.4 Å². The summed E-state index contributed by atoms with van der Waals surface area (Å²) in [6.07, 6.45) is -4.39. The molecule has 0 saturated carbocycles. The summed E-state index contributed by atoms with van der Waals surface area (Å²) in [5, 5.41) is 9.89. The second-order valence-electron chi connectivity index (χ2n) is 11.4. The minimum Gasteiger partial charge on any atom is -0.508 e. The van der Waals surface area contributed by atoms with E-state index in [0.717, 1.165) is 16.7 Å². The zero-order chi connectivity index (χ0) is 33.0. The topological polar surface area (TPSA) is 92.7 Å². The first-order valence-corrected chi connectivity index (χ1v) is 15.9. The van der Waals surface area contributed by atoms with Crippen LogP contribution < -0.4 is 4.74 Å². The predicted molar refractivity (Wildman–Crippen MR) is 179 cm³/mol. The molecular formula is C40H38O8. The van der Waals surface area contributed by atoms with Gasteiger partial charge in [-0.2, -0.15) is 0 Å². The minimum atomic E-state index is -1.11. The van der Waals surface area contributed by atoms with E-state index in [2.05, 4.69) is 0 Å². The molecule has 5 atom stereocenters. The van der Waals surface area contributed by atoms with Gasteiger partial charge >= 0.3 is 5.97 Å². The molecule has 5 aromatic rings. The molecule has 5 aromatic carbocycles. The van der Waals surface area contributed by atoms with Crippen molar-refractivity contribution in [3.8, 4) is 11.5 Å². The normalized spacial score (nSPS) is 20.5. The summed E-state index contributed by atoms with van der Waals surface area (Å²) in [7, 11) is 0. The van der Waals surface area contributed by atoms with Crippen LogP contribution in [-0.2, 0) is 43.5 Å². The van der Waals surface area contributed by atoms with Gasteiger partial charge in [0.15, 0.2) is 6.10 Å². The van der Waals surface area contributed by atoms with Crippen LogP contribution in [0.3, 0.4) is 0 Å². The smallest absolute Gasteiger partial charge is 0.338 e. The highest BCUT2D eigenvalue weighted by atomic mass is 16.7. The lowest BCUT2D eigenvalue weighted by Crippen LogP contribution is -2.63. The fourth-order valence-electron chi connectivity index (χ4n) is 5.45. The van der Waals surface area contributed by atoms with Crippen molar-refractivity contribution in [2.75, 3.05) is 6.61 Å². The van der Waals surface area contributed by atoms with Crippen LogP contribution in [0.2, 0.25) is 0 Å². The first-order valence-electron chi connectivity index (χ1n) is 15.9. The Morgan fingerprint density at radius 2 is 1.08 bits per heavy atom. The fraction of sp³-hybridized carbons (Fsp3) is 0.225. The molecule has 0 unspecified atom stereocenters. The van der Waals surface area contributed by atoms with E-state index in [0.29, 0.717) is 17.9 Å². The van der Waals surface area contributed by atoms with Crippen LogP contribution >= 0.6 is 0 Å². The number of ether oxygens (including phenoxy) is 6. The Labute approximate surface area is 280 Å². The van der Waals surface area contributed by atoms with Gasteiger partial charge in [0.25, 0.3) is 0 Å². The Hall–Kier alpha value is -4.99. The lowest BCUT2D eigenvalue weighted by atomic mass is 9.97. The van der Waals surface area contributed by atoms with Gasteiger partial charge in [-0.05, 0) is 53.1 Å². The third-order valence-corrected chi connectivity index (χ3v) is 7.90. The van der Waals surface area contributed by atoms with Gasteiger partial charge in [0.2, 0.25) is 6.29 Å². The quantitative estimate of drug-likeness (QED) is 0.128. The number of carbonyl (C=O) groups is 1. The van der Waals surface area contributed by atoms with E-state index < -0.39 is 36.7 Å². The van der Waals surface area contributed by atoms with Crippen LogP contribution in [0.25, 0.3) is 0 Å². The average Bonchev–Trinajstić information content (AvgIpc) is 3.14.